The van der Waals surface area contributed by atoms with Crippen LogP contribution in [0.3, 0.4) is 0 Å². The van der Waals surface area contributed by atoms with Gasteiger partial charge >= 0.3 is 5.97 Å². The second-order valence-electron chi connectivity index (χ2n) is 7.11. The monoisotopic (exact) mass is 333 g/mol. The standard InChI is InChI=1S/C20H28FNO2/c1-2-15-6-10-17(11-7-15)20(23)24-19-12-8-16(9-13-19)4-3-5-18(21)14-22/h3-5,15-17,19H,2,6-13H2,1H3/b4-3+,18-5-. The van der Waals surface area contributed by atoms with E-state index in [1.165, 1.54) is 18.6 Å². The van der Waals surface area contributed by atoms with E-state index < -0.39 is 5.83 Å². The van der Waals surface area contributed by atoms with E-state index in [1.54, 1.807) is 6.08 Å². The van der Waals surface area contributed by atoms with Crippen LogP contribution in [0.4, 0.5) is 4.39 Å². The second-order valence-corrected chi connectivity index (χ2v) is 7.11. The van der Waals surface area contributed by atoms with Gasteiger partial charge in [-0.15, -0.1) is 0 Å². The third-order valence-electron chi connectivity index (χ3n) is 5.49. The van der Waals surface area contributed by atoms with Crippen molar-refractivity contribution in [3.05, 3.63) is 24.1 Å². The van der Waals surface area contributed by atoms with Crippen molar-refractivity contribution in [2.45, 2.75) is 70.8 Å². The van der Waals surface area contributed by atoms with Crippen LogP contribution in [-0.4, -0.2) is 12.1 Å². The summed E-state index contributed by atoms with van der Waals surface area (Å²) in [5.41, 5.74) is 0. The number of carbonyl (C=O) groups is 1. The number of carbonyl (C=O) groups excluding carboxylic acids is 1. The molecule has 0 aliphatic heterocycles. The maximum Gasteiger partial charge on any atom is 0.309 e. The third kappa shape index (κ3) is 5.78. The molecule has 0 bridgehead atoms. The number of halogens is 1. The van der Waals surface area contributed by atoms with Gasteiger partial charge in [0.1, 0.15) is 12.2 Å². The van der Waals surface area contributed by atoms with Crippen molar-refractivity contribution in [1.29, 1.82) is 5.26 Å². The zero-order valence-corrected chi connectivity index (χ0v) is 14.5. The van der Waals surface area contributed by atoms with Gasteiger partial charge in [0.25, 0.3) is 0 Å². The molecule has 3 nitrogen and oxygen atoms in total. The lowest BCUT2D eigenvalue weighted by atomic mass is 9.81. The highest BCUT2D eigenvalue weighted by atomic mass is 19.1. The van der Waals surface area contributed by atoms with Crippen molar-refractivity contribution >= 4 is 5.97 Å². The SMILES string of the molecule is CCC1CCC(C(=O)OC2CCC(/C=C/C=C(\F)C#N)CC2)CC1. The number of nitriles is 1. The van der Waals surface area contributed by atoms with E-state index in [0.717, 1.165) is 57.3 Å². The molecule has 2 fully saturated rings. The number of esters is 1. The number of hydrogen-bond donors (Lipinski definition) is 0. The Balaban J connectivity index is 1.69. The summed E-state index contributed by atoms with van der Waals surface area (Å²) in [4.78, 5) is 12.3. The van der Waals surface area contributed by atoms with Gasteiger partial charge in [0.05, 0.1) is 5.92 Å². The minimum atomic E-state index is -0.772. The van der Waals surface area contributed by atoms with Crippen LogP contribution in [0.2, 0.25) is 0 Å². The predicted molar refractivity (Wildman–Crippen MR) is 91.5 cm³/mol. The molecule has 0 heterocycles. The number of hydrogen-bond acceptors (Lipinski definition) is 3. The van der Waals surface area contributed by atoms with Gasteiger partial charge < -0.3 is 4.74 Å². The lowest BCUT2D eigenvalue weighted by Crippen LogP contribution is -2.29. The zero-order chi connectivity index (χ0) is 17.4. The summed E-state index contributed by atoms with van der Waals surface area (Å²) in [6, 6.07) is 1.45. The molecule has 0 amide bonds. The van der Waals surface area contributed by atoms with Gasteiger partial charge in [-0.2, -0.15) is 9.65 Å². The molecule has 0 aromatic carbocycles. The first-order valence-corrected chi connectivity index (χ1v) is 9.27. The molecule has 0 saturated heterocycles. The number of ether oxygens (including phenoxy) is 1. The molecule has 0 aromatic rings. The molecule has 0 atom stereocenters. The largest absolute Gasteiger partial charge is 0.462 e. The molecule has 2 saturated carbocycles. The molecule has 0 spiro atoms. The van der Waals surface area contributed by atoms with Gasteiger partial charge in [-0.25, -0.2) is 0 Å². The van der Waals surface area contributed by atoms with Crippen LogP contribution in [0.25, 0.3) is 0 Å². The first-order valence-electron chi connectivity index (χ1n) is 9.27. The van der Waals surface area contributed by atoms with Gasteiger partial charge in [-0.3, -0.25) is 4.79 Å². The van der Waals surface area contributed by atoms with E-state index in [2.05, 4.69) is 6.92 Å². The maximum atomic E-state index is 12.7. The predicted octanol–water partition coefficient (Wildman–Crippen LogP) is 5.24. The first kappa shape index (κ1) is 18.7. The molecule has 4 heteroatoms. The summed E-state index contributed by atoms with van der Waals surface area (Å²) < 4.78 is 18.4. The molecule has 24 heavy (non-hydrogen) atoms. The Bertz CT molecular complexity index is 504. The Hall–Kier alpha value is -1.63. The Morgan fingerprint density at radius 2 is 1.83 bits per heavy atom. The third-order valence-corrected chi connectivity index (χ3v) is 5.49. The highest BCUT2D eigenvalue weighted by Gasteiger charge is 2.29. The van der Waals surface area contributed by atoms with Crippen molar-refractivity contribution in [3.8, 4) is 6.07 Å². The molecule has 0 unspecified atom stereocenters. The van der Waals surface area contributed by atoms with Gasteiger partial charge in [-0.1, -0.05) is 25.5 Å². The van der Waals surface area contributed by atoms with Crippen LogP contribution in [0.5, 0.6) is 0 Å². The van der Waals surface area contributed by atoms with E-state index in [1.807, 2.05) is 6.08 Å². The Morgan fingerprint density at radius 3 is 2.42 bits per heavy atom. The topological polar surface area (TPSA) is 50.1 Å². The normalized spacial score (nSPS) is 31.6. The molecule has 0 radical (unpaired) electrons. The summed E-state index contributed by atoms with van der Waals surface area (Å²) in [6.07, 6.45) is 13.9. The van der Waals surface area contributed by atoms with Crippen LogP contribution >= 0.6 is 0 Å². The fourth-order valence-electron chi connectivity index (χ4n) is 3.80. The average molecular weight is 333 g/mol. The zero-order valence-electron chi connectivity index (χ0n) is 14.5. The highest BCUT2D eigenvalue weighted by Crippen LogP contribution is 2.33. The summed E-state index contributed by atoms with van der Waals surface area (Å²) in [5.74, 6) is 0.498. The van der Waals surface area contributed by atoms with Crippen molar-refractivity contribution in [1.82, 2.24) is 0 Å². The Morgan fingerprint density at radius 1 is 1.17 bits per heavy atom. The van der Waals surface area contributed by atoms with Gasteiger partial charge in [0.2, 0.25) is 0 Å². The Labute approximate surface area is 144 Å². The van der Waals surface area contributed by atoms with Crippen LogP contribution in [0.1, 0.15) is 64.7 Å². The maximum absolute atomic E-state index is 12.7. The summed E-state index contributed by atoms with van der Waals surface area (Å²) in [6.45, 7) is 2.22. The molecule has 0 aromatic heterocycles. The molecule has 2 rings (SSSR count). The van der Waals surface area contributed by atoms with Gasteiger partial charge in [0.15, 0.2) is 5.83 Å². The van der Waals surface area contributed by atoms with E-state index in [-0.39, 0.29) is 18.0 Å². The van der Waals surface area contributed by atoms with Crippen LogP contribution in [0, 0.1) is 29.1 Å². The fraction of sp³-hybridized carbons (Fsp3) is 0.700. The van der Waals surface area contributed by atoms with Crippen molar-refractivity contribution in [2.24, 2.45) is 17.8 Å². The minimum Gasteiger partial charge on any atom is -0.462 e. The van der Waals surface area contributed by atoms with Crippen LogP contribution in [0.15, 0.2) is 24.1 Å². The van der Waals surface area contributed by atoms with E-state index in [4.69, 9.17) is 10.00 Å². The Kier molecular flexibility index (Phi) is 7.49. The molecular formula is C20H28FNO2. The fourth-order valence-corrected chi connectivity index (χ4v) is 3.80. The van der Waals surface area contributed by atoms with Crippen molar-refractivity contribution < 1.29 is 13.9 Å². The first-order chi connectivity index (χ1) is 11.6. The average Bonchev–Trinajstić information content (AvgIpc) is 2.63. The summed E-state index contributed by atoms with van der Waals surface area (Å²) in [5, 5.41) is 8.35. The quantitative estimate of drug-likeness (QED) is 0.393. The number of allylic oxidation sites excluding steroid dienone is 4. The summed E-state index contributed by atoms with van der Waals surface area (Å²) in [7, 11) is 0. The molecular weight excluding hydrogens is 305 g/mol. The second kappa shape index (κ2) is 9.61. The van der Waals surface area contributed by atoms with Crippen LogP contribution in [-0.2, 0) is 9.53 Å². The van der Waals surface area contributed by atoms with Gasteiger partial charge in [-0.05, 0) is 69.3 Å². The lowest BCUT2D eigenvalue weighted by molar-refractivity contribution is -0.157. The molecule has 2 aliphatic rings. The van der Waals surface area contributed by atoms with Gasteiger partial charge in [0, 0.05) is 0 Å². The van der Waals surface area contributed by atoms with E-state index in [9.17, 15) is 9.18 Å². The smallest absolute Gasteiger partial charge is 0.309 e. The highest BCUT2D eigenvalue weighted by molar-refractivity contribution is 5.72. The lowest BCUT2D eigenvalue weighted by Gasteiger charge is -2.30. The number of rotatable bonds is 5. The molecule has 2 aliphatic carbocycles. The molecule has 132 valence electrons. The summed E-state index contributed by atoms with van der Waals surface area (Å²) >= 11 is 0. The van der Waals surface area contributed by atoms with E-state index >= 15 is 0 Å². The number of nitrogens with zero attached hydrogens (tertiary/aromatic N) is 1. The van der Waals surface area contributed by atoms with Crippen LogP contribution < -0.4 is 0 Å². The molecule has 0 N–H and O–H groups in total. The van der Waals surface area contributed by atoms with Crippen molar-refractivity contribution in [2.75, 3.05) is 0 Å². The minimum absolute atomic E-state index is 0.00238. The van der Waals surface area contributed by atoms with Crippen molar-refractivity contribution in [3.63, 3.8) is 0 Å². The van der Waals surface area contributed by atoms with E-state index in [0.29, 0.717) is 5.92 Å².